The highest BCUT2D eigenvalue weighted by Gasteiger charge is 2.12. The van der Waals surface area contributed by atoms with Crippen molar-refractivity contribution in [2.24, 2.45) is 0 Å². The second-order valence-corrected chi connectivity index (χ2v) is 5.29. The molecule has 1 aromatic heterocycles. The molecule has 2 rings (SSSR count). The maximum atomic E-state index is 13.4. The lowest BCUT2D eigenvalue weighted by Gasteiger charge is -2.21. The molecule has 0 aliphatic carbocycles. The highest BCUT2D eigenvalue weighted by molar-refractivity contribution is 6.16. The van der Waals surface area contributed by atoms with E-state index in [0.717, 1.165) is 29.9 Å². The number of likely N-dealkylation sites (N-methyl/N-ethyl adjacent to an activating group) is 1. The fourth-order valence-electron chi connectivity index (χ4n) is 2.01. The summed E-state index contributed by atoms with van der Waals surface area (Å²) in [5.41, 5.74) is 1.61. The van der Waals surface area contributed by atoms with Crippen LogP contribution in [-0.2, 0) is 12.4 Å². The first-order valence-corrected chi connectivity index (χ1v) is 6.97. The quantitative estimate of drug-likeness (QED) is 0.786. The van der Waals surface area contributed by atoms with Crippen molar-refractivity contribution in [3.63, 3.8) is 0 Å². The molecule has 0 saturated carbocycles. The fraction of sp³-hybridized carbons (Fsp3) is 0.500. The number of benzene rings is 1. The van der Waals surface area contributed by atoms with E-state index in [1.165, 1.54) is 12.1 Å². The van der Waals surface area contributed by atoms with Gasteiger partial charge < -0.3 is 9.47 Å². The summed E-state index contributed by atoms with van der Waals surface area (Å²) in [7, 11) is 2.07. The van der Waals surface area contributed by atoms with E-state index in [1.54, 1.807) is 6.07 Å². The first-order chi connectivity index (χ1) is 9.02. The second kappa shape index (κ2) is 5.88. The van der Waals surface area contributed by atoms with Gasteiger partial charge in [0.1, 0.15) is 11.6 Å². The second-order valence-electron chi connectivity index (χ2n) is 5.02. The van der Waals surface area contributed by atoms with Gasteiger partial charge in [0.15, 0.2) is 0 Å². The van der Waals surface area contributed by atoms with Crippen molar-refractivity contribution in [3.8, 4) is 0 Å². The molecule has 5 heteroatoms. The van der Waals surface area contributed by atoms with E-state index in [2.05, 4.69) is 30.8 Å². The standard InChI is InChI=1S/C14H19ClFN3/c1-10(2)18(3)6-7-19-13-8-11(16)4-5-12(13)17-14(19)9-15/h4-5,8,10H,6-7,9H2,1-3H3. The molecule has 1 heterocycles. The molecule has 19 heavy (non-hydrogen) atoms. The van der Waals surface area contributed by atoms with Crippen LogP contribution < -0.4 is 0 Å². The van der Waals surface area contributed by atoms with Crippen LogP contribution in [0.1, 0.15) is 19.7 Å². The van der Waals surface area contributed by atoms with E-state index in [-0.39, 0.29) is 5.82 Å². The third kappa shape index (κ3) is 3.07. The van der Waals surface area contributed by atoms with Crippen LogP contribution in [0.5, 0.6) is 0 Å². The molecule has 0 spiro atoms. The highest BCUT2D eigenvalue weighted by Crippen LogP contribution is 2.19. The molecule has 0 radical (unpaired) electrons. The van der Waals surface area contributed by atoms with E-state index >= 15 is 0 Å². The molecular formula is C14H19ClFN3. The number of aromatic nitrogens is 2. The fourth-order valence-corrected chi connectivity index (χ4v) is 2.22. The molecule has 0 N–H and O–H groups in total. The number of hydrogen-bond donors (Lipinski definition) is 0. The lowest BCUT2D eigenvalue weighted by atomic mass is 10.3. The summed E-state index contributed by atoms with van der Waals surface area (Å²) in [6.07, 6.45) is 0. The molecule has 2 aromatic rings. The van der Waals surface area contributed by atoms with E-state index < -0.39 is 0 Å². The number of fused-ring (bicyclic) bond motifs is 1. The van der Waals surface area contributed by atoms with E-state index in [1.807, 2.05) is 4.57 Å². The maximum absolute atomic E-state index is 13.4. The summed E-state index contributed by atoms with van der Waals surface area (Å²) in [6.45, 7) is 5.93. The van der Waals surface area contributed by atoms with Crippen LogP contribution >= 0.6 is 11.6 Å². The Labute approximate surface area is 118 Å². The van der Waals surface area contributed by atoms with E-state index in [0.29, 0.717) is 11.9 Å². The predicted molar refractivity (Wildman–Crippen MR) is 77.0 cm³/mol. The number of nitrogens with zero attached hydrogens (tertiary/aromatic N) is 3. The zero-order valence-electron chi connectivity index (χ0n) is 11.5. The number of halogens is 2. The lowest BCUT2D eigenvalue weighted by Crippen LogP contribution is -2.30. The number of rotatable bonds is 5. The molecule has 0 aliphatic heterocycles. The van der Waals surface area contributed by atoms with E-state index in [9.17, 15) is 4.39 Å². The predicted octanol–water partition coefficient (Wildman–Crippen LogP) is 3.25. The Hall–Kier alpha value is -1.13. The molecule has 104 valence electrons. The summed E-state index contributed by atoms with van der Waals surface area (Å²) < 4.78 is 15.4. The van der Waals surface area contributed by atoms with Crippen molar-refractivity contribution >= 4 is 22.6 Å². The minimum absolute atomic E-state index is 0.244. The van der Waals surface area contributed by atoms with Gasteiger partial charge in [-0.15, -0.1) is 11.6 Å². The number of hydrogen-bond acceptors (Lipinski definition) is 2. The number of alkyl halides is 1. The Morgan fingerprint density at radius 3 is 2.79 bits per heavy atom. The largest absolute Gasteiger partial charge is 0.326 e. The molecule has 0 atom stereocenters. The minimum atomic E-state index is -0.244. The minimum Gasteiger partial charge on any atom is -0.326 e. The molecule has 0 fully saturated rings. The van der Waals surface area contributed by atoms with Crippen molar-refractivity contribution in [1.82, 2.24) is 14.5 Å². The Morgan fingerprint density at radius 1 is 1.42 bits per heavy atom. The highest BCUT2D eigenvalue weighted by atomic mass is 35.5. The molecule has 0 unspecified atom stereocenters. The summed E-state index contributed by atoms with van der Waals surface area (Å²) in [5.74, 6) is 0.883. The van der Waals surface area contributed by atoms with Gasteiger partial charge in [-0.25, -0.2) is 9.37 Å². The third-order valence-electron chi connectivity index (χ3n) is 3.47. The van der Waals surface area contributed by atoms with Gasteiger partial charge in [0.25, 0.3) is 0 Å². The van der Waals surface area contributed by atoms with Crippen LogP contribution in [0, 0.1) is 5.82 Å². The SMILES string of the molecule is CC(C)N(C)CCn1c(CCl)nc2ccc(F)cc21. The van der Waals surface area contributed by atoms with Crippen LogP contribution in [0.4, 0.5) is 4.39 Å². The molecule has 1 aromatic carbocycles. The van der Waals surface area contributed by atoms with Gasteiger partial charge in [0, 0.05) is 19.1 Å². The van der Waals surface area contributed by atoms with Gasteiger partial charge in [-0.3, -0.25) is 0 Å². The topological polar surface area (TPSA) is 21.1 Å². The normalized spacial score (nSPS) is 11.9. The van der Waals surface area contributed by atoms with E-state index in [4.69, 9.17) is 11.6 Å². The first-order valence-electron chi connectivity index (χ1n) is 6.43. The maximum Gasteiger partial charge on any atom is 0.125 e. The summed E-state index contributed by atoms with van der Waals surface area (Å²) in [6, 6.07) is 5.13. The Balaban J connectivity index is 2.31. The average molecular weight is 284 g/mol. The summed E-state index contributed by atoms with van der Waals surface area (Å²) >= 11 is 5.93. The van der Waals surface area contributed by atoms with Gasteiger partial charge in [-0.05, 0) is 39.1 Å². The smallest absolute Gasteiger partial charge is 0.125 e. The summed E-state index contributed by atoms with van der Waals surface area (Å²) in [5, 5.41) is 0. The van der Waals surface area contributed by atoms with Crippen molar-refractivity contribution in [1.29, 1.82) is 0 Å². The van der Waals surface area contributed by atoms with Gasteiger partial charge >= 0.3 is 0 Å². The van der Waals surface area contributed by atoms with Gasteiger partial charge in [0.05, 0.1) is 16.9 Å². The van der Waals surface area contributed by atoms with Gasteiger partial charge in [-0.2, -0.15) is 0 Å². The Kier molecular flexibility index (Phi) is 4.42. The lowest BCUT2D eigenvalue weighted by molar-refractivity contribution is 0.263. The average Bonchev–Trinajstić information content (AvgIpc) is 2.72. The molecule has 3 nitrogen and oxygen atoms in total. The van der Waals surface area contributed by atoms with Crippen LogP contribution in [0.15, 0.2) is 18.2 Å². The van der Waals surface area contributed by atoms with Crippen LogP contribution in [-0.4, -0.2) is 34.1 Å². The molecule has 0 amide bonds. The molecular weight excluding hydrogens is 265 g/mol. The van der Waals surface area contributed by atoms with Crippen molar-refractivity contribution in [3.05, 3.63) is 29.8 Å². The van der Waals surface area contributed by atoms with Gasteiger partial charge in [-0.1, -0.05) is 0 Å². The van der Waals surface area contributed by atoms with Crippen LogP contribution in [0.25, 0.3) is 11.0 Å². The molecule has 0 bridgehead atoms. The van der Waals surface area contributed by atoms with Crippen molar-refractivity contribution in [2.75, 3.05) is 13.6 Å². The third-order valence-corrected chi connectivity index (χ3v) is 3.71. The Morgan fingerprint density at radius 2 is 2.16 bits per heavy atom. The number of imidazole rings is 1. The van der Waals surface area contributed by atoms with Crippen molar-refractivity contribution < 1.29 is 4.39 Å². The molecule has 0 saturated heterocycles. The zero-order chi connectivity index (χ0) is 14.0. The monoisotopic (exact) mass is 283 g/mol. The van der Waals surface area contributed by atoms with Crippen molar-refractivity contribution in [2.45, 2.75) is 32.3 Å². The first kappa shape index (κ1) is 14.3. The molecule has 0 aliphatic rings. The summed E-state index contributed by atoms with van der Waals surface area (Å²) in [4.78, 5) is 6.68. The zero-order valence-corrected chi connectivity index (χ0v) is 12.3. The Bertz CT molecular complexity index is 565. The van der Waals surface area contributed by atoms with Crippen LogP contribution in [0.3, 0.4) is 0 Å². The van der Waals surface area contributed by atoms with Gasteiger partial charge in [0.2, 0.25) is 0 Å². The van der Waals surface area contributed by atoms with Crippen LogP contribution in [0.2, 0.25) is 0 Å².